The van der Waals surface area contributed by atoms with E-state index in [1.165, 1.54) is 6.20 Å². The zero-order chi connectivity index (χ0) is 10.5. The Kier molecular flexibility index (Phi) is 2.84. The fourth-order valence-corrected chi connectivity index (χ4v) is 1.02. The number of nitrogens with one attached hydrogen (secondary N) is 2. The minimum atomic E-state index is 0.430. The summed E-state index contributed by atoms with van der Waals surface area (Å²) in [5.74, 6) is 0.939. The van der Waals surface area contributed by atoms with Crippen molar-refractivity contribution in [3.63, 3.8) is 0 Å². The smallest absolute Gasteiger partial charge is 0.240 e. The summed E-state index contributed by atoms with van der Waals surface area (Å²) in [6, 6.07) is 0. The molecule has 0 bridgehead atoms. The Hall–Kier alpha value is -2.02. The van der Waals surface area contributed by atoms with Gasteiger partial charge in [-0.3, -0.25) is 0 Å². The van der Waals surface area contributed by atoms with Gasteiger partial charge in [-0.1, -0.05) is 11.2 Å². The number of aromatic nitrogens is 5. The van der Waals surface area contributed by atoms with Crippen LogP contribution in [0.15, 0.2) is 23.4 Å². The summed E-state index contributed by atoms with van der Waals surface area (Å²) in [5, 5.41) is 16.8. The highest BCUT2D eigenvalue weighted by Gasteiger charge is 2.09. The lowest BCUT2D eigenvalue weighted by atomic mass is 10.4. The van der Waals surface area contributed by atoms with Crippen molar-refractivity contribution in [2.24, 2.45) is 0 Å². The second-order valence-corrected chi connectivity index (χ2v) is 2.79. The first-order chi connectivity index (χ1) is 7.40. The van der Waals surface area contributed by atoms with Crippen LogP contribution in [0, 0.1) is 0 Å². The van der Waals surface area contributed by atoms with Crippen LogP contribution in [0.4, 0.5) is 0 Å². The van der Waals surface area contributed by atoms with E-state index in [1.54, 1.807) is 6.08 Å². The number of hydrogen-bond donors (Lipinski definition) is 2. The lowest BCUT2D eigenvalue weighted by Gasteiger charge is -1.93. The van der Waals surface area contributed by atoms with Gasteiger partial charge in [0.25, 0.3) is 0 Å². The van der Waals surface area contributed by atoms with Gasteiger partial charge >= 0.3 is 0 Å². The second kappa shape index (κ2) is 4.47. The molecule has 2 heterocycles. The molecule has 0 atom stereocenters. The monoisotopic (exact) mass is 206 g/mol. The average Bonchev–Trinajstić information content (AvgIpc) is 2.87. The van der Waals surface area contributed by atoms with Gasteiger partial charge < -0.3 is 9.84 Å². The van der Waals surface area contributed by atoms with Crippen LogP contribution in [0.2, 0.25) is 0 Å². The van der Waals surface area contributed by atoms with E-state index in [0.717, 1.165) is 0 Å². The lowest BCUT2D eigenvalue weighted by Crippen LogP contribution is -2.12. The van der Waals surface area contributed by atoms with Crippen molar-refractivity contribution < 1.29 is 4.52 Å². The quantitative estimate of drug-likeness (QED) is 0.533. The molecule has 2 aromatic rings. The van der Waals surface area contributed by atoms with Crippen molar-refractivity contribution in [1.29, 1.82) is 0 Å². The fraction of sp³-hybridized carbons (Fsp3) is 0.250. The highest BCUT2D eigenvalue weighted by atomic mass is 16.5. The predicted molar refractivity (Wildman–Crippen MR) is 51.6 cm³/mol. The van der Waals surface area contributed by atoms with Crippen LogP contribution < -0.4 is 5.32 Å². The van der Waals surface area contributed by atoms with Crippen LogP contribution in [-0.4, -0.2) is 32.1 Å². The van der Waals surface area contributed by atoms with Gasteiger partial charge in [-0.15, -0.1) is 6.58 Å². The maximum Gasteiger partial charge on any atom is 0.240 e. The van der Waals surface area contributed by atoms with E-state index in [1.807, 2.05) is 0 Å². The molecule has 0 saturated carbocycles. The second-order valence-electron chi connectivity index (χ2n) is 2.79. The van der Waals surface area contributed by atoms with E-state index in [9.17, 15) is 0 Å². The Balaban J connectivity index is 2.01. The van der Waals surface area contributed by atoms with Crippen molar-refractivity contribution in [2.75, 3.05) is 6.54 Å². The highest BCUT2D eigenvalue weighted by molar-refractivity contribution is 5.44. The largest absolute Gasteiger partial charge is 0.337 e. The van der Waals surface area contributed by atoms with E-state index < -0.39 is 0 Å². The number of nitrogens with zero attached hydrogens (tertiary/aromatic N) is 4. The summed E-state index contributed by atoms with van der Waals surface area (Å²) < 4.78 is 5.00. The number of hydrogen-bond acceptors (Lipinski definition) is 6. The van der Waals surface area contributed by atoms with Gasteiger partial charge in [0.2, 0.25) is 11.7 Å². The molecule has 0 unspecified atom stereocenters. The van der Waals surface area contributed by atoms with Crippen LogP contribution in [-0.2, 0) is 6.54 Å². The zero-order valence-corrected chi connectivity index (χ0v) is 7.97. The van der Waals surface area contributed by atoms with Crippen molar-refractivity contribution in [3.05, 3.63) is 24.7 Å². The topological polar surface area (TPSA) is 92.5 Å². The molecule has 0 saturated heterocycles. The molecule has 78 valence electrons. The first-order valence-corrected chi connectivity index (χ1v) is 4.40. The number of H-pyrrole nitrogens is 1. The van der Waals surface area contributed by atoms with Crippen LogP contribution in [0.3, 0.4) is 0 Å². The summed E-state index contributed by atoms with van der Waals surface area (Å²) in [6.07, 6.45) is 3.29. The molecule has 0 aromatic carbocycles. The van der Waals surface area contributed by atoms with Crippen molar-refractivity contribution in [2.45, 2.75) is 6.54 Å². The maximum atomic E-state index is 5.00. The van der Waals surface area contributed by atoms with Crippen LogP contribution in [0.5, 0.6) is 0 Å². The van der Waals surface area contributed by atoms with Crippen LogP contribution >= 0.6 is 0 Å². The summed E-state index contributed by atoms with van der Waals surface area (Å²) in [4.78, 5) is 4.13. The average molecular weight is 206 g/mol. The lowest BCUT2D eigenvalue weighted by molar-refractivity contribution is 0.370. The molecule has 7 heteroatoms. The predicted octanol–water partition coefficient (Wildman–Crippen LogP) is 0.130. The molecule has 0 aliphatic heterocycles. The van der Waals surface area contributed by atoms with Gasteiger partial charge in [0.05, 0.1) is 12.7 Å². The molecule has 0 fully saturated rings. The molecule has 7 nitrogen and oxygen atoms in total. The van der Waals surface area contributed by atoms with E-state index in [2.05, 4.69) is 37.4 Å². The van der Waals surface area contributed by atoms with Crippen molar-refractivity contribution >= 4 is 0 Å². The third-order valence-electron chi connectivity index (χ3n) is 1.68. The Labute approximate surface area is 85.6 Å². The summed E-state index contributed by atoms with van der Waals surface area (Å²) in [6.45, 7) is 4.79. The van der Waals surface area contributed by atoms with Gasteiger partial charge in [0, 0.05) is 6.54 Å². The summed E-state index contributed by atoms with van der Waals surface area (Å²) in [5.41, 5.74) is 0.564. The molecule has 2 aromatic heterocycles. The SMILES string of the molecule is C=CCNCc1nc(-c2cn[nH]n2)no1. The minimum absolute atomic E-state index is 0.430. The Morgan fingerprint density at radius 2 is 2.53 bits per heavy atom. The van der Waals surface area contributed by atoms with Gasteiger partial charge in [0.1, 0.15) is 0 Å². The van der Waals surface area contributed by atoms with Crippen molar-refractivity contribution in [3.8, 4) is 11.5 Å². The molecular formula is C8H10N6O. The van der Waals surface area contributed by atoms with Crippen molar-refractivity contribution in [1.82, 2.24) is 30.9 Å². The Morgan fingerprint density at radius 1 is 1.60 bits per heavy atom. The first-order valence-electron chi connectivity index (χ1n) is 4.40. The number of rotatable bonds is 5. The third kappa shape index (κ3) is 2.26. The molecule has 0 aliphatic rings. The molecule has 15 heavy (non-hydrogen) atoms. The molecule has 0 amide bonds. The standard InChI is InChI=1S/C8H10N6O/c1-2-3-9-5-7-11-8(13-15-7)6-4-10-14-12-6/h2,4,9H,1,3,5H2,(H,10,12,14). The molecule has 0 radical (unpaired) electrons. The summed E-state index contributed by atoms with van der Waals surface area (Å²) >= 11 is 0. The maximum absolute atomic E-state index is 5.00. The van der Waals surface area contributed by atoms with Gasteiger partial charge in [0.15, 0.2) is 5.69 Å². The third-order valence-corrected chi connectivity index (χ3v) is 1.68. The van der Waals surface area contributed by atoms with Gasteiger partial charge in [-0.25, -0.2) is 0 Å². The van der Waals surface area contributed by atoms with Crippen LogP contribution in [0.25, 0.3) is 11.5 Å². The normalized spacial score (nSPS) is 10.4. The molecule has 0 aliphatic carbocycles. The highest BCUT2D eigenvalue weighted by Crippen LogP contribution is 2.09. The molecular weight excluding hydrogens is 196 g/mol. The molecule has 0 spiro atoms. The molecule has 2 rings (SSSR count). The minimum Gasteiger partial charge on any atom is -0.337 e. The Bertz CT molecular complexity index is 420. The number of aromatic amines is 1. The van der Waals surface area contributed by atoms with Gasteiger partial charge in [-0.05, 0) is 0 Å². The fourth-order valence-electron chi connectivity index (χ4n) is 1.02. The van der Waals surface area contributed by atoms with E-state index in [0.29, 0.717) is 30.5 Å². The van der Waals surface area contributed by atoms with E-state index in [4.69, 9.17) is 4.52 Å². The van der Waals surface area contributed by atoms with Gasteiger partial charge in [-0.2, -0.15) is 20.4 Å². The first kappa shape index (κ1) is 9.53. The Morgan fingerprint density at radius 3 is 3.27 bits per heavy atom. The van der Waals surface area contributed by atoms with E-state index >= 15 is 0 Å². The summed E-state index contributed by atoms with van der Waals surface area (Å²) in [7, 11) is 0. The molecule has 2 N–H and O–H groups in total. The van der Waals surface area contributed by atoms with Crippen LogP contribution in [0.1, 0.15) is 5.89 Å². The zero-order valence-electron chi connectivity index (χ0n) is 7.97. The van der Waals surface area contributed by atoms with E-state index in [-0.39, 0.29) is 0 Å².